The van der Waals surface area contributed by atoms with Crippen LogP contribution in [0.3, 0.4) is 0 Å². The van der Waals surface area contributed by atoms with Gasteiger partial charge >= 0.3 is 11.9 Å². The Labute approximate surface area is 280 Å². The van der Waals surface area contributed by atoms with Crippen LogP contribution in [-0.2, 0) is 35.3 Å². The number of amides is 2. The van der Waals surface area contributed by atoms with Crippen molar-refractivity contribution in [2.24, 2.45) is 17.8 Å². The zero-order valence-electron chi connectivity index (χ0n) is 28.8. The number of nitrogens with one attached hydrogen (secondary N) is 1. The van der Waals surface area contributed by atoms with E-state index >= 15 is 0 Å². The lowest BCUT2D eigenvalue weighted by Gasteiger charge is -2.36. The Morgan fingerprint density at radius 1 is 0.851 bits per heavy atom. The number of nitrogens with zero attached hydrogens (tertiary/aromatic N) is 2. The molecule has 1 aliphatic carbocycles. The van der Waals surface area contributed by atoms with Crippen molar-refractivity contribution in [3.8, 4) is 0 Å². The lowest BCUT2D eigenvalue weighted by Crippen LogP contribution is -2.50. The topological polar surface area (TPSA) is 105 Å². The average molecular weight is 648 g/mol. The predicted molar refractivity (Wildman–Crippen MR) is 182 cm³/mol. The van der Waals surface area contributed by atoms with Crippen LogP contribution in [0.5, 0.6) is 0 Å². The Morgan fingerprint density at radius 3 is 2.11 bits per heavy atom. The summed E-state index contributed by atoms with van der Waals surface area (Å²) < 4.78 is 11.2. The highest BCUT2D eigenvalue weighted by Crippen LogP contribution is 2.34. The summed E-state index contributed by atoms with van der Waals surface area (Å²) >= 11 is 0. The monoisotopic (exact) mass is 647 g/mol. The molecule has 9 nitrogen and oxygen atoms in total. The smallest absolute Gasteiger partial charge is 0.307 e. The van der Waals surface area contributed by atoms with Crippen LogP contribution in [0.25, 0.3) is 0 Å². The molecule has 0 spiro atoms. The van der Waals surface area contributed by atoms with E-state index in [-0.39, 0.29) is 49.1 Å². The maximum absolute atomic E-state index is 13.8. The number of likely N-dealkylation sites (N-methyl/N-ethyl adjacent to an activating group) is 1. The van der Waals surface area contributed by atoms with Crippen molar-refractivity contribution in [1.29, 1.82) is 0 Å². The normalized spacial score (nSPS) is 18.1. The molecule has 1 aliphatic heterocycles. The van der Waals surface area contributed by atoms with Crippen LogP contribution in [0.1, 0.15) is 89.7 Å². The third-order valence-corrected chi connectivity index (χ3v) is 9.43. The maximum Gasteiger partial charge on any atom is 0.307 e. The number of hydrogen-bond donors (Lipinski definition) is 1. The molecule has 1 heterocycles. The number of hydrogen-bond acceptors (Lipinski definition) is 7. The van der Waals surface area contributed by atoms with Crippen molar-refractivity contribution in [3.63, 3.8) is 0 Å². The maximum atomic E-state index is 13.8. The van der Waals surface area contributed by atoms with Gasteiger partial charge in [-0.2, -0.15) is 0 Å². The number of carbonyl (C=O) groups is 4. The van der Waals surface area contributed by atoms with E-state index in [0.717, 1.165) is 56.3 Å². The van der Waals surface area contributed by atoms with E-state index in [2.05, 4.69) is 10.2 Å². The fraction of sp³-hybridized carbons (Fsp3) is 0.579. The van der Waals surface area contributed by atoms with Gasteiger partial charge in [0.2, 0.25) is 11.8 Å². The molecule has 47 heavy (non-hydrogen) atoms. The van der Waals surface area contributed by atoms with E-state index in [1.165, 1.54) is 0 Å². The standard InChI is InChI=1S/C38H53N3O6/c1-27(32(24-35(43)47-38(2,3)4)37(45)41-22-20-40(5)21-23-41)29-16-18-31(19-17-29)39-36(44)33(30-14-10-7-11-15-30)25-34(42)46-26-28-12-8-6-9-13-28/h6,8-9,12-13,16-19,27,30,32-33H,7,10-11,14-15,20-26H2,1-5H3,(H,39,44)/t27-,32+,33-/m0/s1. The number of carbonyl (C=O) groups excluding carboxylic acids is 4. The lowest BCUT2D eigenvalue weighted by atomic mass is 9.78. The fourth-order valence-electron chi connectivity index (χ4n) is 6.63. The van der Waals surface area contributed by atoms with E-state index in [0.29, 0.717) is 18.8 Å². The van der Waals surface area contributed by atoms with Gasteiger partial charge in [0.05, 0.1) is 24.7 Å². The van der Waals surface area contributed by atoms with Crippen LogP contribution in [0.2, 0.25) is 0 Å². The van der Waals surface area contributed by atoms with Crippen molar-refractivity contribution in [2.45, 2.75) is 90.8 Å². The number of rotatable bonds is 12. The van der Waals surface area contributed by atoms with Crippen molar-refractivity contribution in [1.82, 2.24) is 9.80 Å². The molecular weight excluding hydrogens is 594 g/mol. The summed E-state index contributed by atoms with van der Waals surface area (Å²) in [6, 6.07) is 17.0. The first-order valence-electron chi connectivity index (χ1n) is 17.2. The Bertz CT molecular complexity index is 1330. The summed E-state index contributed by atoms with van der Waals surface area (Å²) in [6.07, 6.45) is 5.12. The van der Waals surface area contributed by atoms with Crippen LogP contribution in [0, 0.1) is 17.8 Å². The molecule has 0 unspecified atom stereocenters. The first-order chi connectivity index (χ1) is 22.4. The predicted octanol–water partition coefficient (Wildman–Crippen LogP) is 6.18. The Kier molecular flexibility index (Phi) is 13.0. The zero-order valence-corrected chi connectivity index (χ0v) is 28.8. The number of esters is 2. The molecule has 1 N–H and O–H groups in total. The summed E-state index contributed by atoms with van der Waals surface area (Å²) in [5, 5.41) is 3.05. The van der Waals surface area contributed by atoms with Gasteiger partial charge in [0.15, 0.2) is 0 Å². The highest BCUT2D eigenvalue weighted by atomic mass is 16.6. The molecule has 3 atom stereocenters. The van der Waals surface area contributed by atoms with Gasteiger partial charge in [-0.3, -0.25) is 19.2 Å². The van der Waals surface area contributed by atoms with Crippen LogP contribution >= 0.6 is 0 Å². The lowest BCUT2D eigenvalue weighted by molar-refractivity contribution is -0.159. The molecule has 2 aromatic carbocycles. The van der Waals surface area contributed by atoms with Crippen LogP contribution in [-0.4, -0.2) is 72.4 Å². The molecule has 0 radical (unpaired) electrons. The van der Waals surface area contributed by atoms with Gasteiger partial charge in [0.25, 0.3) is 0 Å². The average Bonchev–Trinajstić information content (AvgIpc) is 3.05. The SMILES string of the molecule is C[C@@H](c1ccc(NC(=O)[C@@H](CC(=O)OCc2ccccc2)C2CCCCC2)cc1)[C@@H](CC(=O)OC(C)(C)C)C(=O)N1CCN(C)CC1. The highest BCUT2D eigenvalue weighted by Gasteiger charge is 2.35. The fourth-order valence-corrected chi connectivity index (χ4v) is 6.63. The first-order valence-corrected chi connectivity index (χ1v) is 17.2. The largest absolute Gasteiger partial charge is 0.461 e. The van der Waals surface area contributed by atoms with Crippen molar-refractivity contribution in [3.05, 3.63) is 65.7 Å². The van der Waals surface area contributed by atoms with Crippen LogP contribution < -0.4 is 5.32 Å². The highest BCUT2D eigenvalue weighted by molar-refractivity contribution is 5.95. The summed E-state index contributed by atoms with van der Waals surface area (Å²) in [5.74, 6) is -2.16. The molecule has 4 rings (SSSR count). The molecular formula is C38H53N3O6. The molecule has 2 aromatic rings. The van der Waals surface area contributed by atoms with Crippen molar-refractivity contribution in [2.75, 3.05) is 38.5 Å². The molecule has 0 aromatic heterocycles. The Hall–Kier alpha value is -3.72. The Balaban J connectivity index is 1.44. The number of piperazine rings is 1. The van der Waals surface area contributed by atoms with E-state index in [9.17, 15) is 19.2 Å². The third-order valence-electron chi connectivity index (χ3n) is 9.43. The second-order valence-corrected chi connectivity index (χ2v) is 14.3. The van der Waals surface area contributed by atoms with E-state index in [1.54, 1.807) is 0 Å². The minimum absolute atomic E-state index is 0.00840. The minimum Gasteiger partial charge on any atom is -0.461 e. The van der Waals surface area contributed by atoms with Crippen molar-refractivity contribution < 1.29 is 28.7 Å². The molecule has 2 aliphatic rings. The summed E-state index contributed by atoms with van der Waals surface area (Å²) in [5.41, 5.74) is 1.79. The third kappa shape index (κ3) is 11.2. The van der Waals surface area contributed by atoms with E-state index in [1.807, 2.05) is 94.2 Å². The number of benzene rings is 2. The van der Waals surface area contributed by atoms with Crippen molar-refractivity contribution >= 4 is 29.4 Å². The Morgan fingerprint density at radius 2 is 1.49 bits per heavy atom. The van der Waals surface area contributed by atoms with Gasteiger partial charge in [-0.15, -0.1) is 0 Å². The van der Waals surface area contributed by atoms with Crippen LogP contribution in [0.15, 0.2) is 54.6 Å². The molecule has 2 amide bonds. The molecule has 9 heteroatoms. The number of anilines is 1. The van der Waals surface area contributed by atoms with Gasteiger partial charge in [0.1, 0.15) is 12.2 Å². The quantitative estimate of drug-likeness (QED) is 0.274. The molecule has 2 fully saturated rings. The zero-order chi connectivity index (χ0) is 34.0. The van der Waals surface area contributed by atoms with Crippen LogP contribution in [0.4, 0.5) is 5.69 Å². The first kappa shape index (κ1) is 36.1. The summed E-state index contributed by atoms with van der Waals surface area (Å²) in [4.78, 5) is 57.3. The molecule has 256 valence electrons. The van der Waals surface area contributed by atoms with Gasteiger partial charge in [-0.05, 0) is 75.8 Å². The van der Waals surface area contributed by atoms with Gasteiger partial charge in [-0.25, -0.2) is 0 Å². The second kappa shape index (κ2) is 16.9. The summed E-state index contributed by atoms with van der Waals surface area (Å²) in [7, 11) is 2.04. The second-order valence-electron chi connectivity index (χ2n) is 14.3. The van der Waals surface area contributed by atoms with E-state index < -0.39 is 23.4 Å². The van der Waals surface area contributed by atoms with Gasteiger partial charge in [0, 0.05) is 31.9 Å². The minimum atomic E-state index is -0.643. The summed E-state index contributed by atoms with van der Waals surface area (Å²) in [6.45, 7) is 10.5. The number of ether oxygens (including phenoxy) is 2. The molecule has 1 saturated heterocycles. The van der Waals surface area contributed by atoms with E-state index in [4.69, 9.17) is 9.47 Å². The van der Waals surface area contributed by atoms with Gasteiger partial charge < -0.3 is 24.6 Å². The van der Waals surface area contributed by atoms with Gasteiger partial charge in [-0.1, -0.05) is 68.7 Å². The molecule has 0 bridgehead atoms. The molecule has 1 saturated carbocycles.